The van der Waals surface area contributed by atoms with Crippen molar-refractivity contribution in [1.29, 1.82) is 0 Å². The van der Waals surface area contributed by atoms with Crippen LogP contribution in [-0.4, -0.2) is 64.2 Å². The summed E-state index contributed by atoms with van der Waals surface area (Å²) in [5, 5.41) is 5.00. The summed E-state index contributed by atoms with van der Waals surface area (Å²) in [5.74, 6) is 0.178. The van der Waals surface area contributed by atoms with Gasteiger partial charge in [0.1, 0.15) is 0 Å². The maximum absolute atomic E-state index is 12.8. The van der Waals surface area contributed by atoms with E-state index in [0.717, 1.165) is 16.5 Å². The SMILES string of the molecule is COCCN1C[C@@H](CNC(=O)c2ccc(N(C)C)c3ccccc23)CC1=O. The van der Waals surface area contributed by atoms with E-state index in [9.17, 15) is 9.59 Å². The molecule has 0 saturated carbocycles. The van der Waals surface area contributed by atoms with E-state index < -0.39 is 0 Å². The number of carbonyl (C=O) groups excluding carboxylic acids is 2. The monoisotopic (exact) mass is 369 g/mol. The van der Waals surface area contributed by atoms with Crippen molar-refractivity contribution in [3.8, 4) is 0 Å². The summed E-state index contributed by atoms with van der Waals surface area (Å²) in [6.07, 6.45) is 0.476. The Balaban J connectivity index is 1.69. The average molecular weight is 369 g/mol. The van der Waals surface area contributed by atoms with Gasteiger partial charge in [0.05, 0.1) is 6.61 Å². The zero-order chi connectivity index (χ0) is 19.4. The lowest BCUT2D eigenvalue weighted by Gasteiger charge is -2.18. The number of amides is 2. The van der Waals surface area contributed by atoms with Gasteiger partial charge in [0, 0.05) is 69.8 Å². The number of anilines is 1. The highest BCUT2D eigenvalue weighted by Crippen LogP contribution is 2.28. The normalized spacial score (nSPS) is 16.8. The van der Waals surface area contributed by atoms with Crippen LogP contribution in [0.2, 0.25) is 0 Å². The number of methoxy groups -OCH3 is 1. The lowest BCUT2D eigenvalue weighted by Crippen LogP contribution is -2.32. The van der Waals surface area contributed by atoms with Crippen molar-refractivity contribution < 1.29 is 14.3 Å². The molecular formula is C21H27N3O3. The van der Waals surface area contributed by atoms with Gasteiger partial charge in [-0.3, -0.25) is 9.59 Å². The first-order valence-corrected chi connectivity index (χ1v) is 9.25. The third-order valence-electron chi connectivity index (χ3n) is 5.04. The highest BCUT2D eigenvalue weighted by molar-refractivity contribution is 6.10. The number of hydrogen-bond acceptors (Lipinski definition) is 4. The smallest absolute Gasteiger partial charge is 0.251 e. The van der Waals surface area contributed by atoms with Gasteiger partial charge >= 0.3 is 0 Å². The van der Waals surface area contributed by atoms with Crippen LogP contribution >= 0.6 is 0 Å². The highest BCUT2D eigenvalue weighted by atomic mass is 16.5. The van der Waals surface area contributed by atoms with Gasteiger partial charge in [-0.15, -0.1) is 0 Å². The summed E-state index contributed by atoms with van der Waals surface area (Å²) in [6, 6.07) is 11.8. The molecule has 27 heavy (non-hydrogen) atoms. The van der Waals surface area contributed by atoms with Crippen LogP contribution in [0.4, 0.5) is 5.69 Å². The molecule has 0 aromatic heterocycles. The Labute approximate surface area is 160 Å². The van der Waals surface area contributed by atoms with Gasteiger partial charge in [-0.05, 0) is 17.5 Å². The van der Waals surface area contributed by atoms with Crippen LogP contribution in [0.5, 0.6) is 0 Å². The minimum atomic E-state index is -0.0979. The van der Waals surface area contributed by atoms with Gasteiger partial charge in [0.2, 0.25) is 5.91 Å². The first-order chi connectivity index (χ1) is 13.0. The number of rotatable bonds is 7. The van der Waals surface area contributed by atoms with E-state index in [1.165, 1.54) is 0 Å². The zero-order valence-corrected chi connectivity index (χ0v) is 16.2. The molecule has 1 saturated heterocycles. The van der Waals surface area contributed by atoms with Crippen LogP contribution < -0.4 is 10.2 Å². The van der Waals surface area contributed by atoms with E-state index in [-0.39, 0.29) is 17.7 Å². The Morgan fingerprint density at radius 1 is 1.22 bits per heavy atom. The van der Waals surface area contributed by atoms with Gasteiger partial charge in [-0.2, -0.15) is 0 Å². The predicted octanol–water partition coefficient (Wildman–Crippen LogP) is 2.13. The van der Waals surface area contributed by atoms with E-state index in [4.69, 9.17) is 4.74 Å². The maximum Gasteiger partial charge on any atom is 0.251 e. The molecule has 0 bridgehead atoms. The second kappa shape index (κ2) is 8.39. The number of carbonyl (C=O) groups is 2. The van der Waals surface area contributed by atoms with Crippen LogP contribution in [0.1, 0.15) is 16.8 Å². The molecule has 0 radical (unpaired) electrons. The Bertz CT molecular complexity index is 835. The average Bonchev–Trinajstić information content (AvgIpc) is 3.03. The zero-order valence-electron chi connectivity index (χ0n) is 16.2. The minimum absolute atomic E-state index is 0.0979. The lowest BCUT2D eigenvalue weighted by atomic mass is 10.0. The van der Waals surface area contributed by atoms with Gasteiger partial charge in [-0.25, -0.2) is 0 Å². The number of hydrogen-bond donors (Lipinski definition) is 1. The molecule has 1 atom stereocenters. The van der Waals surface area contributed by atoms with Gasteiger partial charge in [0.15, 0.2) is 0 Å². The van der Waals surface area contributed by atoms with E-state index in [2.05, 4.69) is 5.32 Å². The first kappa shape index (κ1) is 19.2. The summed E-state index contributed by atoms with van der Waals surface area (Å²) >= 11 is 0. The highest BCUT2D eigenvalue weighted by Gasteiger charge is 2.29. The van der Waals surface area contributed by atoms with Crippen molar-refractivity contribution in [2.75, 3.05) is 52.3 Å². The fourth-order valence-corrected chi connectivity index (χ4v) is 3.61. The summed E-state index contributed by atoms with van der Waals surface area (Å²) < 4.78 is 5.04. The summed E-state index contributed by atoms with van der Waals surface area (Å²) in [6.45, 7) is 2.31. The van der Waals surface area contributed by atoms with Crippen LogP contribution in [0.3, 0.4) is 0 Å². The van der Waals surface area contributed by atoms with Crippen molar-refractivity contribution in [2.45, 2.75) is 6.42 Å². The largest absolute Gasteiger partial charge is 0.383 e. The van der Waals surface area contributed by atoms with Crippen molar-refractivity contribution in [3.63, 3.8) is 0 Å². The molecule has 0 unspecified atom stereocenters. The van der Waals surface area contributed by atoms with E-state index >= 15 is 0 Å². The Hall–Kier alpha value is -2.60. The lowest BCUT2D eigenvalue weighted by molar-refractivity contribution is -0.128. The number of benzene rings is 2. The maximum atomic E-state index is 12.8. The van der Waals surface area contributed by atoms with Crippen LogP contribution in [0.15, 0.2) is 36.4 Å². The molecule has 0 spiro atoms. The fraction of sp³-hybridized carbons (Fsp3) is 0.429. The third-order valence-corrected chi connectivity index (χ3v) is 5.04. The molecule has 2 amide bonds. The molecule has 144 valence electrons. The molecular weight excluding hydrogens is 342 g/mol. The Kier molecular flexibility index (Phi) is 5.96. The van der Waals surface area contributed by atoms with Crippen molar-refractivity contribution in [2.24, 2.45) is 5.92 Å². The molecule has 1 aliphatic heterocycles. The fourth-order valence-electron chi connectivity index (χ4n) is 3.61. The number of likely N-dealkylation sites (tertiary alicyclic amines) is 1. The second-order valence-electron chi connectivity index (χ2n) is 7.18. The molecule has 1 heterocycles. The van der Waals surface area contributed by atoms with Gasteiger partial charge in [0.25, 0.3) is 5.91 Å². The first-order valence-electron chi connectivity index (χ1n) is 9.25. The number of nitrogens with one attached hydrogen (secondary N) is 1. The summed E-state index contributed by atoms with van der Waals surface area (Å²) in [4.78, 5) is 28.7. The molecule has 2 aromatic rings. The topological polar surface area (TPSA) is 61.9 Å². The van der Waals surface area contributed by atoms with Crippen LogP contribution in [0.25, 0.3) is 10.8 Å². The quantitative estimate of drug-likeness (QED) is 0.812. The van der Waals surface area contributed by atoms with Gasteiger partial charge < -0.3 is 19.9 Å². The predicted molar refractivity (Wildman–Crippen MR) is 107 cm³/mol. The van der Waals surface area contributed by atoms with Gasteiger partial charge in [-0.1, -0.05) is 24.3 Å². The van der Waals surface area contributed by atoms with Crippen molar-refractivity contribution in [3.05, 3.63) is 42.0 Å². The Morgan fingerprint density at radius 2 is 1.96 bits per heavy atom. The summed E-state index contributed by atoms with van der Waals surface area (Å²) in [7, 11) is 5.62. The molecule has 1 fully saturated rings. The number of fused-ring (bicyclic) bond motifs is 1. The molecule has 1 aliphatic rings. The molecule has 6 nitrogen and oxygen atoms in total. The molecule has 6 heteroatoms. The molecule has 1 N–H and O–H groups in total. The standard InChI is InChI=1S/C21H27N3O3/c1-23(2)19-9-8-18(16-6-4-5-7-17(16)19)21(26)22-13-15-12-20(25)24(14-15)10-11-27-3/h4-9,15H,10-14H2,1-3H3,(H,22,26)/t15-/m1/s1. The van der Waals surface area contributed by atoms with E-state index in [1.54, 1.807) is 7.11 Å². The van der Waals surface area contributed by atoms with Crippen molar-refractivity contribution >= 4 is 28.3 Å². The minimum Gasteiger partial charge on any atom is -0.383 e. The third kappa shape index (κ3) is 4.22. The molecule has 3 rings (SSSR count). The second-order valence-corrected chi connectivity index (χ2v) is 7.18. The number of ether oxygens (including phenoxy) is 1. The van der Waals surface area contributed by atoms with E-state index in [1.807, 2.05) is 60.3 Å². The van der Waals surface area contributed by atoms with Crippen LogP contribution in [-0.2, 0) is 9.53 Å². The Morgan fingerprint density at radius 3 is 2.67 bits per heavy atom. The molecule has 2 aromatic carbocycles. The van der Waals surface area contributed by atoms with Crippen molar-refractivity contribution in [1.82, 2.24) is 10.2 Å². The summed E-state index contributed by atoms with van der Waals surface area (Å²) in [5.41, 5.74) is 1.74. The molecule has 0 aliphatic carbocycles. The van der Waals surface area contributed by atoms with Crippen LogP contribution in [0, 0.1) is 5.92 Å². The number of nitrogens with zero attached hydrogens (tertiary/aromatic N) is 2. The van der Waals surface area contributed by atoms with E-state index in [0.29, 0.717) is 38.2 Å².